The van der Waals surface area contributed by atoms with Gasteiger partial charge in [-0.15, -0.1) is 0 Å². The molecule has 1 aromatic heterocycles. The zero-order valence-electron chi connectivity index (χ0n) is 10.6. The lowest BCUT2D eigenvalue weighted by Gasteiger charge is -2.16. The van der Waals surface area contributed by atoms with Gasteiger partial charge >= 0.3 is 0 Å². The molecule has 0 saturated heterocycles. The second-order valence-electron chi connectivity index (χ2n) is 4.68. The molecule has 1 aliphatic rings. The lowest BCUT2D eigenvalue weighted by molar-refractivity contribution is 0.207. The molecule has 3 nitrogen and oxygen atoms in total. The maximum absolute atomic E-state index is 6.06. The van der Waals surface area contributed by atoms with Crippen LogP contribution in [-0.4, -0.2) is 17.6 Å². The molecule has 0 spiro atoms. The SMILES string of the molecule is CCCNCc1cnccc1OC1CCCC1. The Bertz CT molecular complexity index is 335. The van der Waals surface area contributed by atoms with E-state index in [1.807, 2.05) is 18.5 Å². The van der Waals surface area contributed by atoms with Crippen molar-refractivity contribution in [1.82, 2.24) is 10.3 Å². The van der Waals surface area contributed by atoms with E-state index in [1.54, 1.807) is 0 Å². The standard InChI is InChI=1S/C14H22N2O/c1-2-8-15-10-12-11-16-9-7-14(12)17-13-5-3-4-6-13/h7,9,11,13,15H,2-6,8,10H2,1H3. The van der Waals surface area contributed by atoms with Crippen LogP contribution >= 0.6 is 0 Å². The Morgan fingerprint density at radius 2 is 2.24 bits per heavy atom. The molecule has 1 saturated carbocycles. The lowest BCUT2D eigenvalue weighted by Crippen LogP contribution is -2.17. The number of pyridine rings is 1. The monoisotopic (exact) mass is 234 g/mol. The second-order valence-corrected chi connectivity index (χ2v) is 4.68. The number of ether oxygens (including phenoxy) is 1. The van der Waals surface area contributed by atoms with Gasteiger partial charge < -0.3 is 10.1 Å². The average Bonchev–Trinajstić information content (AvgIpc) is 2.84. The van der Waals surface area contributed by atoms with Gasteiger partial charge in [0.15, 0.2) is 0 Å². The normalized spacial score (nSPS) is 16.3. The van der Waals surface area contributed by atoms with Crippen LogP contribution in [0.4, 0.5) is 0 Å². The summed E-state index contributed by atoms with van der Waals surface area (Å²) < 4.78 is 6.06. The van der Waals surface area contributed by atoms with Gasteiger partial charge in [-0.25, -0.2) is 0 Å². The van der Waals surface area contributed by atoms with Crippen molar-refractivity contribution in [3.8, 4) is 5.75 Å². The fraction of sp³-hybridized carbons (Fsp3) is 0.643. The van der Waals surface area contributed by atoms with Crippen molar-refractivity contribution >= 4 is 0 Å². The number of nitrogens with one attached hydrogen (secondary N) is 1. The molecule has 1 fully saturated rings. The summed E-state index contributed by atoms with van der Waals surface area (Å²) in [6, 6.07) is 1.99. The molecular weight excluding hydrogens is 212 g/mol. The number of nitrogens with zero attached hydrogens (tertiary/aromatic N) is 1. The van der Waals surface area contributed by atoms with Gasteiger partial charge in [0.1, 0.15) is 5.75 Å². The highest BCUT2D eigenvalue weighted by Crippen LogP contribution is 2.25. The highest BCUT2D eigenvalue weighted by molar-refractivity contribution is 5.30. The predicted octanol–water partition coefficient (Wildman–Crippen LogP) is 2.90. The fourth-order valence-electron chi connectivity index (χ4n) is 2.25. The fourth-order valence-corrected chi connectivity index (χ4v) is 2.25. The van der Waals surface area contributed by atoms with Gasteiger partial charge in [-0.05, 0) is 44.7 Å². The Kier molecular flexibility index (Phi) is 4.80. The molecule has 1 N–H and O–H groups in total. The molecule has 1 aromatic rings. The van der Waals surface area contributed by atoms with Crippen LogP contribution in [0.3, 0.4) is 0 Å². The van der Waals surface area contributed by atoms with Gasteiger partial charge in [0.2, 0.25) is 0 Å². The second kappa shape index (κ2) is 6.60. The molecule has 17 heavy (non-hydrogen) atoms. The summed E-state index contributed by atoms with van der Waals surface area (Å²) in [7, 11) is 0. The van der Waals surface area contributed by atoms with Crippen LogP contribution in [0.2, 0.25) is 0 Å². The van der Waals surface area contributed by atoms with Crippen LogP contribution < -0.4 is 10.1 Å². The van der Waals surface area contributed by atoms with Gasteiger partial charge in [-0.1, -0.05) is 6.92 Å². The first-order valence-electron chi connectivity index (χ1n) is 6.70. The third-order valence-corrected chi connectivity index (χ3v) is 3.20. The summed E-state index contributed by atoms with van der Waals surface area (Å²) in [5.41, 5.74) is 1.17. The van der Waals surface area contributed by atoms with E-state index in [9.17, 15) is 0 Å². The summed E-state index contributed by atoms with van der Waals surface area (Å²) in [6.07, 6.45) is 10.3. The Morgan fingerprint density at radius 1 is 1.41 bits per heavy atom. The van der Waals surface area contributed by atoms with Crippen molar-refractivity contribution in [3.63, 3.8) is 0 Å². The Balaban J connectivity index is 1.94. The first-order valence-corrected chi connectivity index (χ1v) is 6.70. The van der Waals surface area contributed by atoms with E-state index in [1.165, 1.54) is 31.2 Å². The van der Waals surface area contributed by atoms with Gasteiger partial charge in [0.05, 0.1) is 6.10 Å². The van der Waals surface area contributed by atoms with Crippen molar-refractivity contribution in [3.05, 3.63) is 24.0 Å². The van der Waals surface area contributed by atoms with E-state index < -0.39 is 0 Å². The Morgan fingerprint density at radius 3 is 3.00 bits per heavy atom. The molecule has 0 aliphatic heterocycles. The molecule has 94 valence electrons. The average molecular weight is 234 g/mol. The van der Waals surface area contributed by atoms with Gasteiger partial charge in [-0.2, -0.15) is 0 Å². The van der Waals surface area contributed by atoms with Gasteiger partial charge in [0, 0.05) is 24.5 Å². The van der Waals surface area contributed by atoms with E-state index in [0.717, 1.165) is 25.3 Å². The first-order chi connectivity index (χ1) is 8.40. The van der Waals surface area contributed by atoms with Crippen LogP contribution in [0, 0.1) is 0 Å². The van der Waals surface area contributed by atoms with Crippen LogP contribution in [0.5, 0.6) is 5.75 Å². The largest absolute Gasteiger partial charge is 0.490 e. The first kappa shape index (κ1) is 12.4. The van der Waals surface area contributed by atoms with E-state index in [0.29, 0.717) is 6.10 Å². The number of rotatable bonds is 6. The molecule has 3 heteroatoms. The minimum absolute atomic E-state index is 0.419. The van der Waals surface area contributed by atoms with Crippen molar-refractivity contribution in [1.29, 1.82) is 0 Å². The summed E-state index contributed by atoms with van der Waals surface area (Å²) >= 11 is 0. The molecule has 0 unspecified atom stereocenters. The molecule has 0 atom stereocenters. The molecule has 2 rings (SSSR count). The van der Waals surface area contributed by atoms with Crippen molar-refractivity contribution in [2.75, 3.05) is 6.54 Å². The minimum Gasteiger partial charge on any atom is -0.490 e. The molecule has 0 bridgehead atoms. The van der Waals surface area contributed by atoms with Gasteiger partial charge in [-0.3, -0.25) is 4.98 Å². The Labute approximate surface area is 104 Å². The third-order valence-electron chi connectivity index (χ3n) is 3.20. The summed E-state index contributed by atoms with van der Waals surface area (Å²) in [4.78, 5) is 4.18. The van der Waals surface area contributed by atoms with E-state index in [4.69, 9.17) is 4.74 Å². The minimum atomic E-state index is 0.419. The lowest BCUT2D eigenvalue weighted by atomic mass is 10.2. The maximum Gasteiger partial charge on any atom is 0.127 e. The van der Waals surface area contributed by atoms with E-state index in [2.05, 4.69) is 17.2 Å². The number of hydrogen-bond donors (Lipinski definition) is 1. The van der Waals surface area contributed by atoms with Crippen LogP contribution in [-0.2, 0) is 6.54 Å². The molecule has 0 amide bonds. The van der Waals surface area contributed by atoms with Gasteiger partial charge in [0.25, 0.3) is 0 Å². The summed E-state index contributed by atoms with van der Waals surface area (Å²) in [5.74, 6) is 1.01. The van der Waals surface area contributed by atoms with Crippen molar-refractivity contribution < 1.29 is 4.74 Å². The summed E-state index contributed by atoms with van der Waals surface area (Å²) in [5, 5.41) is 3.40. The topological polar surface area (TPSA) is 34.2 Å². The zero-order valence-corrected chi connectivity index (χ0v) is 10.6. The quantitative estimate of drug-likeness (QED) is 0.768. The predicted molar refractivity (Wildman–Crippen MR) is 69.1 cm³/mol. The zero-order chi connectivity index (χ0) is 11.9. The molecule has 0 radical (unpaired) electrons. The van der Waals surface area contributed by atoms with Crippen LogP contribution in [0.1, 0.15) is 44.6 Å². The maximum atomic E-state index is 6.06. The highest BCUT2D eigenvalue weighted by Gasteiger charge is 2.17. The van der Waals surface area contributed by atoms with Crippen molar-refractivity contribution in [2.45, 2.75) is 51.7 Å². The Hall–Kier alpha value is -1.09. The summed E-state index contributed by atoms with van der Waals surface area (Å²) in [6.45, 7) is 4.06. The molecular formula is C14H22N2O. The molecule has 1 heterocycles. The number of aromatic nitrogens is 1. The highest BCUT2D eigenvalue weighted by atomic mass is 16.5. The van der Waals surface area contributed by atoms with Crippen LogP contribution in [0.15, 0.2) is 18.5 Å². The van der Waals surface area contributed by atoms with Crippen LogP contribution in [0.25, 0.3) is 0 Å². The molecule has 0 aromatic carbocycles. The van der Waals surface area contributed by atoms with E-state index in [-0.39, 0.29) is 0 Å². The third kappa shape index (κ3) is 3.70. The smallest absolute Gasteiger partial charge is 0.127 e. The molecule has 1 aliphatic carbocycles. The van der Waals surface area contributed by atoms with Crippen molar-refractivity contribution in [2.24, 2.45) is 0 Å². The van der Waals surface area contributed by atoms with E-state index >= 15 is 0 Å². The number of hydrogen-bond acceptors (Lipinski definition) is 3.